The molecule has 0 N–H and O–H groups in total. The highest BCUT2D eigenvalue weighted by Gasteiger charge is 2.60. The maximum absolute atomic E-state index is 3.05. The second kappa shape index (κ2) is 9.19. The van der Waals surface area contributed by atoms with E-state index in [-0.39, 0.29) is 5.54 Å². The van der Waals surface area contributed by atoms with Gasteiger partial charge < -0.3 is 4.90 Å². The summed E-state index contributed by atoms with van der Waals surface area (Å²) in [4.78, 5) is 5.82. The summed E-state index contributed by atoms with van der Waals surface area (Å²) in [5.74, 6) is 1.58. The first-order chi connectivity index (χ1) is 16.7. The molecule has 4 aliphatic rings. The van der Waals surface area contributed by atoms with Crippen molar-refractivity contribution < 1.29 is 0 Å². The Morgan fingerprint density at radius 1 is 0.735 bits per heavy atom. The Labute approximate surface area is 207 Å². The van der Waals surface area contributed by atoms with Crippen LogP contribution in [0.4, 0.5) is 5.69 Å². The number of hydrogen-bond acceptors (Lipinski definition) is 2. The molecule has 3 atom stereocenters. The fourth-order valence-electron chi connectivity index (χ4n) is 8.29. The van der Waals surface area contributed by atoms with Crippen LogP contribution in [0.1, 0.15) is 88.4 Å². The normalized spacial score (nSPS) is 30.1. The Morgan fingerprint density at radius 3 is 1.94 bits per heavy atom. The maximum atomic E-state index is 3.05. The van der Waals surface area contributed by atoms with Crippen molar-refractivity contribution in [3.63, 3.8) is 0 Å². The van der Waals surface area contributed by atoms with Crippen molar-refractivity contribution in [1.29, 1.82) is 0 Å². The van der Waals surface area contributed by atoms with Gasteiger partial charge in [0.1, 0.15) is 6.17 Å². The number of fused-ring (bicyclic) bond motifs is 1. The number of rotatable bonds is 4. The van der Waals surface area contributed by atoms with E-state index >= 15 is 0 Å². The van der Waals surface area contributed by atoms with Crippen LogP contribution in [0.3, 0.4) is 0 Å². The average molecular weight is 455 g/mol. The van der Waals surface area contributed by atoms with Crippen LogP contribution in [0, 0.1) is 18.8 Å². The minimum Gasteiger partial charge on any atom is -0.347 e. The van der Waals surface area contributed by atoms with E-state index in [4.69, 9.17) is 0 Å². The van der Waals surface area contributed by atoms with Crippen LogP contribution in [0.5, 0.6) is 0 Å². The molecule has 2 heteroatoms. The van der Waals surface area contributed by atoms with Crippen molar-refractivity contribution in [2.24, 2.45) is 11.8 Å². The largest absolute Gasteiger partial charge is 0.347 e. The molecule has 0 aromatic heterocycles. The van der Waals surface area contributed by atoms with Crippen LogP contribution in [0.2, 0.25) is 0 Å². The van der Waals surface area contributed by atoms with Crippen molar-refractivity contribution in [3.8, 4) is 0 Å². The van der Waals surface area contributed by atoms with Gasteiger partial charge in [-0.05, 0) is 68.6 Å². The lowest BCUT2D eigenvalue weighted by Crippen LogP contribution is -2.58. The van der Waals surface area contributed by atoms with E-state index in [9.17, 15) is 0 Å². The maximum Gasteiger partial charge on any atom is 0.110 e. The molecule has 2 aliphatic carbocycles. The summed E-state index contributed by atoms with van der Waals surface area (Å²) in [6.45, 7) is 4.77. The van der Waals surface area contributed by atoms with Crippen LogP contribution >= 0.6 is 0 Å². The molecule has 2 nitrogen and oxygen atoms in total. The predicted molar refractivity (Wildman–Crippen MR) is 143 cm³/mol. The molecule has 1 saturated heterocycles. The van der Waals surface area contributed by atoms with E-state index in [2.05, 4.69) is 90.4 Å². The van der Waals surface area contributed by atoms with Gasteiger partial charge in [0.25, 0.3) is 0 Å². The summed E-state index contributed by atoms with van der Waals surface area (Å²) < 4.78 is 0. The lowest BCUT2D eigenvalue weighted by molar-refractivity contribution is -0.0199. The molecule has 0 spiro atoms. The van der Waals surface area contributed by atoms with Gasteiger partial charge in [0, 0.05) is 17.3 Å². The van der Waals surface area contributed by atoms with Gasteiger partial charge in [-0.3, -0.25) is 4.90 Å². The number of hydrogen-bond donors (Lipinski definition) is 0. The Kier molecular flexibility index (Phi) is 6.06. The second-order valence-electron chi connectivity index (χ2n) is 11.5. The van der Waals surface area contributed by atoms with Crippen LogP contribution in [0.25, 0.3) is 0 Å². The molecule has 2 heterocycles. The number of nitrogens with zero attached hydrogens (tertiary/aromatic N) is 2. The fourth-order valence-corrected chi connectivity index (χ4v) is 8.29. The Balaban J connectivity index is 1.52. The zero-order valence-electron chi connectivity index (χ0n) is 21.2. The number of aryl methyl sites for hydroxylation is 1. The zero-order valence-corrected chi connectivity index (χ0v) is 21.2. The van der Waals surface area contributed by atoms with E-state index in [0.717, 1.165) is 11.8 Å². The van der Waals surface area contributed by atoms with Crippen molar-refractivity contribution in [1.82, 2.24) is 4.90 Å². The monoisotopic (exact) mass is 454 g/mol. The molecule has 0 bridgehead atoms. The molecule has 0 radical (unpaired) electrons. The van der Waals surface area contributed by atoms with Crippen molar-refractivity contribution in [3.05, 3.63) is 77.9 Å². The first-order valence-corrected chi connectivity index (χ1v) is 14.1. The highest BCUT2D eigenvalue weighted by atomic mass is 15.5. The summed E-state index contributed by atoms with van der Waals surface area (Å²) in [5, 5.41) is 0. The van der Waals surface area contributed by atoms with Gasteiger partial charge >= 0.3 is 0 Å². The third-order valence-corrected chi connectivity index (χ3v) is 9.80. The molecule has 0 amide bonds. The molecule has 34 heavy (non-hydrogen) atoms. The summed E-state index contributed by atoms with van der Waals surface area (Å²) in [6, 6.07) is 21.4. The second-order valence-corrected chi connectivity index (χ2v) is 11.5. The molecular weight excluding hydrogens is 412 g/mol. The first-order valence-electron chi connectivity index (χ1n) is 14.1. The smallest absolute Gasteiger partial charge is 0.110 e. The zero-order chi connectivity index (χ0) is 23.1. The lowest BCUT2D eigenvalue weighted by atomic mass is 9.63. The predicted octanol–water partition coefficient (Wildman–Crippen LogP) is 8.04. The molecule has 2 unspecified atom stereocenters. The molecular formula is C32H42N2. The van der Waals surface area contributed by atoms with E-state index in [0.29, 0.717) is 18.2 Å². The standard InChI is InChI=1S/C32H42N2/c1-24-14-12-13-21-29(24)33-25(2)30-22-23-32(27-17-8-4-9-18-27,28-19-10-5-11-20-28)34(30)31(33)26-15-6-3-7-16-26/h3,6-7,12-16,21-23,25,27-28,30-31H,4-5,8-11,17-20H2,1-2H3/t25-,30?,31?/m0/s1. The highest BCUT2D eigenvalue weighted by Crippen LogP contribution is 2.57. The van der Waals surface area contributed by atoms with Gasteiger partial charge in [-0.25, -0.2) is 0 Å². The van der Waals surface area contributed by atoms with E-state index in [1.165, 1.54) is 81.0 Å². The molecule has 2 aliphatic heterocycles. The van der Waals surface area contributed by atoms with Crippen molar-refractivity contribution in [2.45, 2.75) is 102 Å². The van der Waals surface area contributed by atoms with Gasteiger partial charge in [0.2, 0.25) is 0 Å². The number of benzene rings is 2. The van der Waals surface area contributed by atoms with Gasteiger partial charge in [0.15, 0.2) is 0 Å². The third kappa shape index (κ3) is 3.48. The minimum absolute atomic E-state index is 0.206. The fraction of sp³-hybridized carbons (Fsp3) is 0.562. The SMILES string of the molecule is Cc1ccccc1N1C(c2ccccc2)N2C(C=CC2(C2CCCCC2)C2CCCCC2)[C@@H]1C. The third-order valence-electron chi connectivity index (χ3n) is 9.80. The summed E-state index contributed by atoms with van der Waals surface area (Å²) >= 11 is 0. The van der Waals surface area contributed by atoms with Crippen molar-refractivity contribution in [2.75, 3.05) is 4.90 Å². The topological polar surface area (TPSA) is 6.48 Å². The van der Waals surface area contributed by atoms with Crippen LogP contribution < -0.4 is 4.90 Å². The first kappa shape index (κ1) is 22.4. The van der Waals surface area contributed by atoms with Gasteiger partial charge in [-0.1, -0.05) is 99.2 Å². The summed E-state index contributed by atoms with van der Waals surface area (Å²) in [6.07, 6.45) is 19.8. The summed E-state index contributed by atoms with van der Waals surface area (Å²) in [7, 11) is 0. The quantitative estimate of drug-likeness (QED) is 0.431. The highest BCUT2D eigenvalue weighted by molar-refractivity contribution is 5.58. The van der Waals surface area contributed by atoms with E-state index in [1.807, 2.05) is 0 Å². The van der Waals surface area contributed by atoms with Crippen LogP contribution in [-0.4, -0.2) is 22.5 Å². The van der Waals surface area contributed by atoms with Crippen LogP contribution in [-0.2, 0) is 0 Å². The van der Waals surface area contributed by atoms with E-state index < -0.39 is 0 Å². The molecule has 2 saturated carbocycles. The molecule has 2 aromatic carbocycles. The minimum atomic E-state index is 0.206. The van der Waals surface area contributed by atoms with Crippen LogP contribution in [0.15, 0.2) is 66.7 Å². The Morgan fingerprint density at radius 2 is 1.32 bits per heavy atom. The van der Waals surface area contributed by atoms with Crippen molar-refractivity contribution >= 4 is 5.69 Å². The molecule has 3 fully saturated rings. The van der Waals surface area contributed by atoms with Gasteiger partial charge in [0.05, 0.1) is 6.04 Å². The van der Waals surface area contributed by atoms with E-state index in [1.54, 1.807) is 0 Å². The van der Waals surface area contributed by atoms with Gasteiger partial charge in [-0.2, -0.15) is 0 Å². The summed E-state index contributed by atoms with van der Waals surface area (Å²) in [5.41, 5.74) is 4.46. The number of anilines is 1. The molecule has 6 rings (SSSR count). The molecule has 180 valence electrons. The number of para-hydroxylation sites is 1. The Bertz CT molecular complexity index is 981. The lowest BCUT2D eigenvalue weighted by Gasteiger charge is -2.54. The Hall–Kier alpha value is -2.06. The molecule has 2 aromatic rings. The average Bonchev–Trinajstić information content (AvgIpc) is 3.43. The van der Waals surface area contributed by atoms with Gasteiger partial charge in [-0.15, -0.1) is 0 Å².